The summed E-state index contributed by atoms with van der Waals surface area (Å²) in [5.41, 5.74) is 3.66. The van der Waals surface area contributed by atoms with Gasteiger partial charge < -0.3 is 0 Å². The summed E-state index contributed by atoms with van der Waals surface area (Å²) in [6, 6.07) is 18.9. The third-order valence-corrected chi connectivity index (χ3v) is 4.20. The van der Waals surface area contributed by atoms with Crippen LogP contribution in [-0.4, -0.2) is 0 Å². The van der Waals surface area contributed by atoms with E-state index < -0.39 is 11.6 Å². The number of halogens is 2. The van der Waals surface area contributed by atoms with Gasteiger partial charge in [0.15, 0.2) is 0 Å². The van der Waals surface area contributed by atoms with Crippen molar-refractivity contribution in [1.29, 1.82) is 5.26 Å². The number of nitrogens with zero attached hydrogens (tertiary/aromatic N) is 1. The van der Waals surface area contributed by atoms with E-state index in [-0.39, 0.29) is 5.56 Å². The van der Waals surface area contributed by atoms with Crippen molar-refractivity contribution >= 4 is 0 Å². The van der Waals surface area contributed by atoms with E-state index in [2.05, 4.69) is 19.1 Å². The fourth-order valence-corrected chi connectivity index (χ4v) is 2.85. The Hall–Kier alpha value is -2.99. The summed E-state index contributed by atoms with van der Waals surface area (Å²) in [4.78, 5) is 0. The van der Waals surface area contributed by atoms with Crippen molar-refractivity contribution in [1.82, 2.24) is 0 Å². The van der Waals surface area contributed by atoms with Crippen molar-refractivity contribution in [3.63, 3.8) is 0 Å². The Morgan fingerprint density at radius 3 is 2.04 bits per heavy atom. The van der Waals surface area contributed by atoms with E-state index in [0.717, 1.165) is 24.0 Å². The van der Waals surface area contributed by atoms with Crippen LogP contribution >= 0.6 is 0 Å². The Morgan fingerprint density at radius 2 is 1.44 bits per heavy atom. The second-order valence-corrected chi connectivity index (χ2v) is 5.95. The highest BCUT2D eigenvalue weighted by Crippen LogP contribution is 2.29. The maximum Gasteiger partial charge on any atom is 0.141 e. The molecule has 0 unspecified atom stereocenters. The minimum Gasteiger partial charge on any atom is -0.206 e. The topological polar surface area (TPSA) is 23.8 Å². The molecule has 0 bridgehead atoms. The monoisotopic (exact) mass is 333 g/mol. The first-order chi connectivity index (χ1) is 12.1. The zero-order valence-electron chi connectivity index (χ0n) is 13.9. The Morgan fingerprint density at radius 1 is 0.800 bits per heavy atom. The van der Waals surface area contributed by atoms with Crippen LogP contribution in [0.15, 0.2) is 60.7 Å². The largest absolute Gasteiger partial charge is 0.206 e. The second-order valence-electron chi connectivity index (χ2n) is 5.95. The number of aryl methyl sites for hydroxylation is 1. The summed E-state index contributed by atoms with van der Waals surface area (Å²) in [6.45, 7) is 2.13. The van der Waals surface area contributed by atoms with E-state index in [1.807, 2.05) is 18.2 Å². The predicted molar refractivity (Wildman–Crippen MR) is 95.9 cm³/mol. The zero-order valence-corrected chi connectivity index (χ0v) is 13.9. The molecule has 0 atom stereocenters. The van der Waals surface area contributed by atoms with E-state index in [1.54, 1.807) is 18.2 Å². The fourth-order valence-electron chi connectivity index (χ4n) is 2.85. The third kappa shape index (κ3) is 3.59. The molecule has 0 saturated carbocycles. The molecule has 0 radical (unpaired) electrons. The van der Waals surface area contributed by atoms with Crippen molar-refractivity contribution < 1.29 is 8.78 Å². The molecule has 0 fully saturated rings. The fraction of sp³-hybridized carbons (Fsp3) is 0.136. The van der Waals surface area contributed by atoms with Gasteiger partial charge in [0.25, 0.3) is 0 Å². The van der Waals surface area contributed by atoms with Crippen LogP contribution in [0.2, 0.25) is 0 Å². The third-order valence-electron chi connectivity index (χ3n) is 4.20. The van der Waals surface area contributed by atoms with Gasteiger partial charge in [-0.05, 0) is 46.9 Å². The minimum absolute atomic E-state index is 0.0482. The summed E-state index contributed by atoms with van der Waals surface area (Å²) in [5.74, 6) is -1.06. The van der Waals surface area contributed by atoms with Crippen molar-refractivity contribution in [2.75, 3.05) is 0 Å². The molecule has 0 heterocycles. The van der Waals surface area contributed by atoms with Crippen LogP contribution in [0.1, 0.15) is 24.5 Å². The van der Waals surface area contributed by atoms with Gasteiger partial charge in [-0.25, -0.2) is 8.78 Å². The lowest BCUT2D eigenvalue weighted by Gasteiger charge is -2.08. The molecule has 0 aromatic heterocycles. The molecular weight excluding hydrogens is 316 g/mol. The second kappa shape index (κ2) is 7.27. The number of rotatable bonds is 4. The Kier molecular flexibility index (Phi) is 4.90. The molecule has 0 saturated heterocycles. The van der Waals surface area contributed by atoms with Crippen LogP contribution in [-0.2, 0) is 6.42 Å². The number of benzene rings is 3. The lowest BCUT2D eigenvalue weighted by atomic mass is 9.98. The van der Waals surface area contributed by atoms with Crippen LogP contribution in [0.5, 0.6) is 0 Å². The maximum absolute atomic E-state index is 14.5. The molecule has 0 spiro atoms. The molecule has 3 aromatic rings. The lowest BCUT2D eigenvalue weighted by molar-refractivity contribution is 0.622. The van der Waals surface area contributed by atoms with Crippen molar-refractivity contribution in [3.8, 4) is 28.3 Å². The minimum atomic E-state index is -0.644. The summed E-state index contributed by atoms with van der Waals surface area (Å²) < 4.78 is 28.3. The molecule has 3 aromatic carbocycles. The Labute approximate surface area is 146 Å². The normalized spacial score (nSPS) is 10.5. The number of hydrogen-bond acceptors (Lipinski definition) is 1. The summed E-state index contributed by atoms with van der Waals surface area (Å²) in [5, 5.41) is 8.79. The lowest BCUT2D eigenvalue weighted by Crippen LogP contribution is -1.90. The number of hydrogen-bond donors (Lipinski definition) is 0. The SMILES string of the molecule is CCCc1ccc(-c2ccc(-c3ccc(C#N)c(F)c3)c(F)c2)cc1. The van der Waals surface area contributed by atoms with Crippen molar-refractivity contribution in [3.05, 3.63) is 83.4 Å². The van der Waals surface area contributed by atoms with Crippen LogP contribution < -0.4 is 0 Å². The van der Waals surface area contributed by atoms with Gasteiger partial charge in [0.2, 0.25) is 0 Å². The van der Waals surface area contributed by atoms with Crippen LogP contribution in [0.3, 0.4) is 0 Å². The van der Waals surface area contributed by atoms with E-state index in [1.165, 1.54) is 23.8 Å². The van der Waals surface area contributed by atoms with Gasteiger partial charge in [-0.2, -0.15) is 5.26 Å². The van der Waals surface area contributed by atoms with Gasteiger partial charge in [0, 0.05) is 5.56 Å². The average Bonchev–Trinajstić information content (AvgIpc) is 2.62. The highest BCUT2D eigenvalue weighted by atomic mass is 19.1. The van der Waals surface area contributed by atoms with E-state index >= 15 is 0 Å². The molecule has 0 aliphatic rings. The standard InChI is InChI=1S/C22H17F2N/c1-2-3-15-4-6-16(7-5-15)17-10-11-20(22(24)12-17)18-8-9-19(14-25)21(23)13-18/h4-13H,2-3H2,1H3. The quantitative estimate of drug-likeness (QED) is 0.564. The summed E-state index contributed by atoms with van der Waals surface area (Å²) in [6.07, 6.45) is 2.11. The van der Waals surface area contributed by atoms with Gasteiger partial charge in [-0.1, -0.05) is 55.8 Å². The van der Waals surface area contributed by atoms with Gasteiger partial charge >= 0.3 is 0 Å². The Bertz CT molecular complexity index is 937. The number of nitriles is 1. The highest BCUT2D eigenvalue weighted by molar-refractivity contribution is 5.71. The zero-order chi connectivity index (χ0) is 17.8. The van der Waals surface area contributed by atoms with Crippen LogP contribution in [0.25, 0.3) is 22.3 Å². The predicted octanol–water partition coefficient (Wildman–Crippen LogP) is 6.12. The molecule has 1 nitrogen and oxygen atoms in total. The van der Waals surface area contributed by atoms with Crippen molar-refractivity contribution in [2.45, 2.75) is 19.8 Å². The molecule has 124 valence electrons. The molecule has 0 amide bonds. The molecule has 0 aliphatic heterocycles. The molecule has 3 rings (SSSR count). The molecule has 3 heteroatoms. The summed E-state index contributed by atoms with van der Waals surface area (Å²) in [7, 11) is 0. The average molecular weight is 333 g/mol. The Balaban J connectivity index is 1.93. The molecule has 0 N–H and O–H groups in total. The van der Waals surface area contributed by atoms with Crippen molar-refractivity contribution in [2.24, 2.45) is 0 Å². The van der Waals surface area contributed by atoms with Crippen LogP contribution in [0, 0.1) is 23.0 Å². The first-order valence-corrected chi connectivity index (χ1v) is 8.21. The molecular formula is C22H17F2N. The van der Waals surface area contributed by atoms with Gasteiger partial charge in [-0.3, -0.25) is 0 Å². The first kappa shape index (κ1) is 16.9. The highest BCUT2D eigenvalue weighted by Gasteiger charge is 2.10. The van der Waals surface area contributed by atoms with E-state index in [9.17, 15) is 8.78 Å². The van der Waals surface area contributed by atoms with Gasteiger partial charge in [-0.15, -0.1) is 0 Å². The van der Waals surface area contributed by atoms with Gasteiger partial charge in [0.05, 0.1) is 5.56 Å². The smallest absolute Gasteiger partial charge is 0.141 e. The first-order valence-electron chi connectivity index (χ1n) is 8.21. The van der Waals surface area contributed by atoms with E-state index in [4.69, 9.17) is 5.26 Å². The molecule has 25 heavy (non-hydrogen) atoms. The molecule has 0 aliphatic carbocycles. The van der Waals surface area contributed by atoms with E-state index in [0.29, 0.717) is 11.1 Å². The van der Waals surface area contributed by atoms with Gasteiger partial charge in [0.1, 0.15) is 17.7 Å². The van der Waals surface area contributed by atoms with Crippen LogP contribution in [0.4, 0.5) is 8.78 Å². The maximum atomic E-state index is 14.5. The summed E-state index contributed by atoms with van der Waals surface area (Å²) >= 11 is 0.